The number of aromatic hydroxyl groups is 1. The number of fused-ring (bicyclic) bond motifs is 3. The Morgan fingerprint density at radius 1 is 0.885 bits per heavy atom. The number of carbonyl (C=O) groups is 2. The highest BCUT2D eigenvalue weighted by atomic mass is 32.2. The number of anilines is 1. The van der Waals surface area contributed by atoms with E-state index in [2.05, 4.69) is 59.8 Å². The summed E-state index contributed by atoms with van der Waals surface area (Å²) in [5.41, 5.74) is 8.84. The number of rotatable bonds is 15. The molecule has 61 heavy (non-hydrogen) atoms. The smallest absolute Gasteiger partial charge is 0.303 e. The fraction of sp³-hybridized carbons (Fsp3) is 0.449. The number of amides is 1. The zero-order valence-corrected chi connectivity index (χ0v) is 37.9. The number of nitrogens with one attached hydrogen (secondary N) is 1. The van der Waals surface area contributed by atoms with Crippen molar-refractivity contribution in [3.8, 4) is 11.5 Å². The summed E-state index contributed by atoms with van der Waals surface area (Å²) in [6.07, 6.45) is 14.2. The van der Waals surface area contributed by atoms with E-state index in [1.54, 1.807) is 12.1 Å². The van der Waals surface area contributed by atoms with Gasteiger partial charge in [0.05, 0.1) is 10.3 Å². The van der Waals surface area contributed by atoms with Gasteiger partial charge in [-0.2, -0.15) is 13.0 Å². The maximum Gasteiger partial charge on any atom is 0.303 e. The summed E-state index contributed by atoms with van der Waals surface area (Å²) in [7, 11) is -4.40. The molecule has 0 fully saturated rings. The number of ether oxygens (including phenoxy) is 1. The number of nitrogens with zero attached hydrogens (tertiary/aromatic N) is 2. The first-order chi connectivity index (χ1) is 28.6. The molecule has 3 heterocycles. The van der Waals surface area contributed by atoms with Crippen LogP contribution in [0.2, 0.25) is 0 Å². The third kappa shape index (κ3) is 8.93. The average molecular weight is 853 g/mol. The van der Waals surface area contributed by atoms with Crippen LogP contribution in [0.4, 0.5) is 11.4 Å². The van der Waals surface area contributed by atoms with Gasteiger partial charge in [0.2, 0.25) is 5.69 Å². The van der Waals surface area contributed by atoms with Crippen molar-refractivity contribution in [2.75, 3.05) is 24.5 Å². The monoisotopic (exact) mass is 852 g/mol. The molecule has 6 rings (SSSR count). The number of allylic oxidation sites excluding steroid dienone is 6. The molecule has 326 valence electrons. The molecule has 3 aliphatic rings. The molecule has 0 radical (unpaired) electrons. The first kappa shape index (κ1) is 45.3. The van der Waals surface area contributed by atoms with Crippen molar-refractivity contribution in [1.82, 2.24) is 5.32 Å². The molecule has 0 saturated carbocycles. The molecule has 0 bridgehead atoms. The number of benzene rings is 3. The van der Waals surface area contributed by atoms with Gasteiger partial charge in [-0.15, -0.1) is 0 Å². The molecule has 0 saturated heterocycles. The highest BCUT2D eigenvalue weighted by Gasteiger charge is 2.45. The Labute approximate surface area is 361 Å². The third-order valence-corrected chi connectivity index (χ3v) is 13.9. The molecule has 1 unspecified atom stereocenters. The average Bonchev–Trinajstić information content (AvgIpc) is 3.54. The minimum Gasteiger partial charge on any atom is -0.507 e. The van der Waals surface area contributed by atoms with Gasteiger partial charge in [0.25, 0.3) is 16.0 Å². The molecule has 4 N–H and O–H groups in total. The lowest BCUT2D eigenvalue weighted by Gasteiger charge is -2.36. The second kappa shape index (κ2) is 17.3. The second-order valence-corrected chi connectivity index (χ2v) is 19.5. The van der Waals surface area contributed by atoms with Crippen LogP contribution in [0.5, 0.6) is 11.5 Å². The number of carbonyl (C=O) groups excluding carboxylic acids is 1. The van der Waals surface area contributed by atoms with Gasteiger partial charge in [0.15, 0.2) is 11.3 Å². The number of phenols is 1. The number of hydrogen-bond donors (Lipinski definition) is 4. The Morgan fingerprint density at radius 3 is 2.33 bits per heavy atom. The normalized spacial score (nSPS) is 19.7. The van der Waals surface area contributed by atoms with Crippen LogP contribution in [0.15, 0.2) is 77.4 Å². The van der Waals surface area contributed by atoms with Crippen molar-refractivity contribution >= 4 is 39.1 Å². The molecule has 0 aliphatic carbocycles. The molecule has 1 atom stereocenters. The summed E-state index contributed by atoms with van der Waals surface area (Å²) in [5.74, 6) is 0.0323. The molecule has 3 aliphatic heterocycles. The van der Waals surface area contributed by atoms with E-state index in [9.17, 15) is 27.7 Å². The predicted octanol–water partition coefficient (Wildman–Crippen LogP) is 8.98. The molecule has 0 spiro atoms. The van der Waals surface area contributed by atoms with Crippen LogP contribution in [0.1, 0.15) is 112 Å². The quantitative estimate of drug-likeness (QED) is 0.0507. The van der Waals surface area contributed by atoms with E-state index in [1.807, 2.05) is 65.8 Å². The number of hydrogen-bond acceptors (Lipinski definition) is 7. The second-order valence-electron chi connectivity index (χ2n) is 18.1. The first-order valence-electron chi connectivity index (χ1n) is 21.3. The molecule has 0 aromatic heterocycles. The summed E-state index contributed by atoms with van der Waals surface area (Å²) < 4.78 is 42.6. The molecular formula is C49H62N3O8S+. The first-order valence-corrected chi connectivity index (χ1v) is 22.8. The lowest BCUT2D eigenvalue weighted by Crippen LogP contribution is -2.51. The highest BCUT2D eigenvalue weighted by molar-refractivity contribution is 7.85. The maximum atomic E-state index is 13.7. The van der Waals surface area contributed by atoms with Crippen LogP contribution < -0.4 is 15.0 Å². The fourth-order valence-corrected chi connectivity index (χ4v) is 9.71. The number of aliphatic carboxylic acids is 1. The molecule has 3 aromatic rings. The summed E-state index contributed by atoms with van der Waals surface area (Å²) in [4.78, 5) is 26.9. The number of carboxylic acids is 1. The number of carboxylic acid groups (broad SMARTS) is 1. The van der Waals surface area contributed by atoms with Crippen molar-refractivity contribution in [2.45, 2.75) is 129 Å². The minimum atomic E-state index is -4.40. The van der Waals surface area contributed by atoms with E-state index < -0.39 is 27.1 Å². The predicted molar refractivity (Wildman–Crippen MR) is 240 cm³/mol. The minimum absolute atomic E-state index is 0.115. The van der Waals surface area contributed by atoms with Gasteiger partial charge >= 0.3 is 5.97 Å². The van der Waals surface area contributed by atoms with Crippen LogP contribution in [0.25, 0.3) is 0 Å². The third-order valence-electron chi connectivity index (χ3n) is 13.1. The number of unbranched alkanes of at least 4 members (excludes halogenated alkanes) is 2. The summed E-state index contributed by atoms with van der Waals surface area (Å²) >= 11 is 0. The van der Waals surface area contributed by atoms with Gasteiger partial charge in [-0.3, -0.25) is 14.1 Å². The number of aryl methyl sites for hydroxylation is 1. The molecule has 11 nitrogen and oxygen atoms in total. The fourth-order valence-electron chi connectivity index (χ4n) is 9.20. The van der Waals surface area contributed by atoms with Crippen molar-refractivity contribution in [3.63, 3.8) is 0 Å². The van der Waals surface area contributed by atoms with Crippen LogP contribution in [0, 0.1) is 27.7 Å². The van der Waals surface area contributed by atoms with Gasteiger partial charge in [-0.05, 0) is 121 Å². The van der Waals surface area contributed by atoms with Crippen molar-refractivity contribution in [1.29, 1.82) is 0 Å². The zero-order chi connectivity index (χ0) is 44.7. The molecular weight excluding hydrogens is 791 g/mol. The summed E-state index contributed by atoms with van der Waals surface area (Å²) in [6.45, 7) is 20.0. The topological polar surface area (TPSA) is 156 Å². The molecule has 1 amide bonds. The van der Waals surface area contributed by atoms with Crippen LogP contribution >= 0.6 is 0 Å². The maximum absolute atomic E-state index is 13.7. The van der Waals surface area contributed by atoms with Crippen molar-refractivity contribution < 1.29 is 42.1 Å². The van der Waals surface area contributed by atoms with E-state index in [1.165, 1.54) is 17.2 Å². The molecule has 12 heteroatoms. The van der Waals surface area contributed by atoms with Crippen molar-refractivity contribution in [2.24, 2.45) is 0 Å². The Kier molecular flexibility index (Phi) is 12.8. The van der Waals surface area contributed by atoms with Gasteiger partial charge in [-0.1, -0.05) is 49.8 Å². The van der Waals surface area contributed by atoms with Crippen LogP contribution in [-0.2, 0) is 37.0 Å². The van der Waals surface area contributed by atoms with Gasteiger partial charge < -0.3 is 25.2 Å². The van der Waals surface area contributed by atoms with E-state index in [4.69, 9.17) is 9.84 Å². The van der Waals surface area contributed by atoms with E-state index in [0.29, 0.717) is 56.8 Å². The highest BCUT2D eigenvalue weighted by Crippen LogP contribution is 2.48. The van der Waals surface area contributed by atoms with Crippen LogP contribution in [0.3, 0.4) is 0 Å². The number of phenolic OH excluding ortho intramolecular Hbond substituents is 1. The van der Waals surface area contributed by atoms with Crippen LogP contribution in [-0.4, -0.2) is 70.6 Å². The van der Waals surface area contributed by atoms with E-state index in [0.717, 1.165) is 63.4 Å². The standard InChI is InChI=1S/C49H61N3O8S/c1-31-20-22-39-37(29-31)47(5,6)41(52(39)28-16-26-50-46(56)49(9)25-24-36-34(4)44(55)32(2)33(3)45(36)60-49)17-12-10-13-18-42-48(7,8)38-30-35(61(57,58)59)21-23-40(38)51(42)27-15-11-14-19-43(53)54/h10,12-13,17-18,20-23,29-30H,11,14-16,19,24-28H2,1-9H3,(H3-,50,53,54,55,56,57,58,59)/p+1. The Hall–Kier alpha value is -5.20. The van der Waals surface area contributed by atoms with Gasteiger partial charge in [0.1, 0.15) is 18.0 Å². The lowest BCUT2D eigenvalue weighted by atomic mass is 9.81. The zero-order valence-electron chi connectivity index (χ0n) is 37.1. The van der Waals surface area contributed by atoms with Gasteiger partial charge in [0, 0.05) is 72.4 Å². The Balaban J connectivity index is 1.19. The Morgan fingerprint density at radius 2 is 1.62 bits per heavy atom. The van der Waals surface area contributed by atoms with Crippen molar-refractivity contribution in [3.05, 3.63) is 111 Å². The lowest BCUT2D eigenvalue weighted by molar-refractivity contribution is -0.438. The summed E-state index contributed by atoms with van der Waals surface area (Å²) in [5, 5.41) is 22.9. The Bertz CT molecular complexity index is 2490. The van der Waals surface area contributed by atoms with E-state index in [-0.39, 0.29) is 22.6 Å². The van der Waals surface area contributed by atoms with E-state index >= 15 is 0 Å². The van der Waals surface area contributed by atoms with Gasteiger partial charge in [-0.25, -0.2) is 0 Å². The summed E-state index contributed by atoms with van der Waals surface area (Å²) in [6, 6.07) is 11.3. The largest absolute Gasteiger partial charge is 0.507 e. The molecule has 3 aromatic carbocycles. The SMILES string of the molecule is Cc1ccc2c(c1)C(C)(C)C(=CC=CC=CC1=[N+](CCCCCC(=O)O)c3ccc(S(=O)(=O)O)cc3C1(C)C)N2CCCNC(=O)C1(C)CCc2c(C)c(O)c(C)c(C)c2O1.